The van der Waals surface area contributed by atoms with Crippen LogP contribution in [0.5, 0.6) is 0 Å². The minimum atomic E-state index is -0.770. The third-order valence-corrected chi connectivity index (χ3v) is 3.36. The van der Waals surface area contributed by atoms with Gasteiger partial charge in [-0.15, -0.1) is 0 Å². The number of rotatable bonds is 5. The predicted molar refractivity (Wildman–Crippen MR) is 83.8 cm³/mol. The summed E-state index contributed by atoms with van der Waals surface area (Å²) in [5.41, 5.74) is 0.173. The van der Waals surface area contributed by atoms with Crippen molar-refractivity contribution in [3.05, 3.63) is 55.9 Å². The first kappa shape index (κ1) is 16.9. The standard InChI is InChI=1S/C13H10Cl2N4O4/c1-23-12(20)10-9(14)11(18-13(15)17-10)16-6-7-4-2-3-5-8(7)19(21)22/h2-5H,6H2,1H3,(H,16,17,18). The Balaban J connectivity index is 2.30. The summed E-state index contributed by atoms with van der Waals surface area (Å²) in [5, 5.41) is 13.5. The number of para-hydroxylation sites is 1. The molecule has 0 aliphatic carbocycles. The number of nitrogens with zero attached hydrogens (tertiary/aromatic N) is 3. The maximum atomic E-state index is 11.6. The van der Waals surface area contributed by atoms with Crippen molar-refractivity contribution in [3.63, 3.8) is 0 Å². The molecule has 0 amide bonds. The lowest BCUT2D eigenvalue weighted by Gasteiger charge is -2.10. The molecule has 0 radical (unpaired) electrons. The van der Waals surface area contributed by atoms with Gasteiger partial charge in [-0.05, 0) is 11.6 Å². The van der Waals surface area contributed by atoms with E-state index in [0.717, 1.165) is 0 Å². The van der Waals surface area contributed by atoms with Crippen molar-refractivity contribution in [1.82, 2.24) is 9.97 Å². The van der Waals surface area contributed by atoms with Crippen LogP contribution in [0.15, 0.2) is 24.3 Å². The highest BCUT2D eigenvalue weighted by atomic mass is 35.5. The number of esters is 1. The molecular formula is C13H10Cl2N4O4. The number of hydrogen-bond donors (Lipinski definition) is 1. The van der Waals surface area contributed by atoms with Gasteiger partial charge in [-0.1, -0.05) is 29.8 Å². The highest BCUT2D eigenvalue weighted by Crippen LogP contribution is 2.26. The molecule has 0 unspecified atom stereocenters. The molecule has 2 rings (SSSR count). The quantitative estimate of drug-likeness (QED) is 0.379. The minimum absolute atomic E-state index is 0.0514. The van der Waals surface area contributed by atoms with Gasteiger partial charge in [0.2, 0.25) is 5.28 Å². The van der Waals surface area contributed by atoms with Gasteiger partial charge in [-0.2, -0.15) is 4.98 Å². The number of carbonyl (C=O) groups is 1. The Morgan fingerprint density at radius 1 is 1.35 bits per heavy atom. The van der Waals surface area contributed by atoms with Crippen molar-refractivity contribution >= 4 is 40.7 Å². The first-order valence-electron chi connectivity index (χ1n) is 6.21. The van der Waals surface area contributed by atoms with Gasteiger partial charge in [0.25, 0.3) is 5.69 Å². The van der Waals surface area contributed by atoms with E-state index < -0.39 is 10.9 Å². The molecule has 0 saturated heterocycles. The molecule has 120 valence electrons. The van der Waals surface area contributed by atoms with Crippen molar-refractivity contribution in [2.45, 2.75) is 6.54 Å². The number of nitro benzene ring substituents is 1. The predicted octanol–water partition coefficient (Wildman–Crippen LogP) is 3.09. The topological polar surface area (TPSA) is 107 Å². The molecule has 0 aliphatic heterocycles. The van der Waals surface area contributed by atoms with Crippen molar-refractivity contribution in [2.75, 3.05) is 12.4 Å². The average Bonchev–Trinajstić information content (AvgIpc) is 2.54. The highest BCUT2D eigenvalue weighted by Gasteiger charge is 2.20. The number of halogens is 2. The third kappa shape index (κ3) is 3.85. The number of ether oxygens (including phenoxy) is 1. The molecule has 10 heteroatoms. The van der Waals surface area contributed by atoms with E-state index in [4.69, 9.17) is 23.2 Å². The molecule has 8 nitrogen and oxygen atoms in total. The van der Waals surface area contributed by atoms with Crippen LogP contribution in [0.1, 0.15) is 16.1 Å². The highest BCUT2D eigenvalue weighted by molar-refractivity contribution is 6.36. The lowest BCUT2D eigenvalue weighted by molar-refractivity contribution is -0.385. The van der Waals surface area contributed by atoms with E-state index in [1.165, 1.54) is 13.2 Å². The first-order valence-corrected chi connectivity index (χ1v) is 6.97. The van der Waals surface area contributed by atoms with E-state index in [2.05, 4.69) is 20.0 Å². The maximum absolute atomic E-state index is 11.6. The van der Waals surface area contributed by atoms with Crippen LogP contribution in [0.2, 0.25) is 10.3 Å². The molecule has 1 N–H and O–H groups in total. The molecule has 23 heavy (non-hydrogen) atoms. The van der Waals surface area contributed by atoms with Crippen molar-refractivity contribution in [2.24, 2.45) is 0 Å². The fraction of sp³-hybridized carbons (Fsp3) is 0.154. The molecule has 0 spiro atoms. The average molecular weight is 357 g/mol. The van der Waals surface area contributed by atoms with Gasteiger partial charge < -0.3 is 10.1 Å². The van der Waals surface area contributed by atoms with E-state index >= 15 is 0 Å². The maximum Gasteiger partial charge on any atom is 0.358 e. The Kier molecular flexibility index (Phi) is 5.30. The van der Waals surface area contributed by atoms with Crippen LogP contribution in [-0.2, 0) is 11.3 Å². The monoisotopic (exact) mass is 356 g/mol. The number of carbonyl (C=O) groups excluding carboxylic acids is 1. The molecule has 0 fully saturated rings. The number of nitrogens with one attached hydrogen (secondary N) is 1. The molecule has 0 saturated carbocycles. The molecule has 2 aromatic rings. The largest absolute Gasteiger partial charge is 0.464 e. The molecule has 1 heterocycles. The Hall–Kier alpha value is -2.45. The van der Waals surface area contributed by atoms with E-state index in [1.54, 1.807) is 18.2 Å². The summed E-state index contributed by atoms with van der Waals surface area (Å²) < 4.78 is 4.55. The minimum Gasteiger partial charge on any atom is -0.464 e. The van der Waals surface area contributed by atoms with Gasteiger partial charge in [0.15, 0.2) is 11.5 Å². The number of aromatic nitrogens is 2. The molecule has 1 aromatic carbocycles. The summed E-state index contributed by atoms with van der Waals surface area (Å²) in [6.07, 6.45) is 0. The van der Waals surface area contributed by atoms with Crippen LogP contribution in [0.25, 0.3) is 0 Å². The van der Waals surface area contributed by atoms with Crippen LogP contribution >= 0.6 is 23.2 Å². The van der Waals surface area contributed by atoms with Crippen LogP contribution < -0.4 is 5.32 Å². The summed E-state index contributed by atoms with van der Waals surface area (Å²) in [7, 11) is 1.18. The van der Waals surface area contributed by atoms with Gasteiger partial charge in [0, 0.05) is 18.2 Å². The molecule has 0 aliphatic rings. The fourth-order valence-electron chi connectivity index (χ4n) is 1.79. The van der Waals surface area contributed by atoms with Gasteiger partial charge >= 0.3 is 5.97 Å². The van der Waals surface area contributed by atoms with Crippen molar-refractivity contribution in [1.29, 1.82) is 0 Å². The first-order chi connectivity index (χ1) is 10.9. The van der Waals surface area contributed by atoms with Crippen LogP contribution in [-0.4, -0.2) is 28.0 Å². The fourth-order valence-corrected chi connectivity index (χ4v) is 2.18. The zero-order chi connectivity index (χ0) is 17.0. The smallest absolute Gasteiger partial charge is 0.358 e. The van der Waals surface area contributed by atoms with E-state index in [-0.39, 0.29) is 34.1 Å². The van der Waals surface area contributed by atoms with Crippen LogP contribution in [0, 0.1) is 10.1 Å². The number of benzene rings is 1. The summed E-state index contributed by atoms with van der Waals surface area (Å²) >= 11 is 11.8. The molecule has 0 atom stereocenters. The molecule has 1 aromatic heterocycles. The summed E-state index contributed by atoms with van der Waals surface area (Å²) in [4.78, 5) is 29.6. The Bertz CT molecular complexity index is 770. The van der Waals surface area contributed by atoms with Gasteiger partial charge in [-0.25, -0.2) is 9.78 Å². The lowest BCUT2D eigenvalue weighted by Crippen LogP contribution is -2.11. The summed E-state index contributed by atoms with van der Waals surface area (Å²) in [6.45, 7) is 0.0603. The second-order valence-corrected chi connectivity index (χ2v) is 4.95. The van der Waals surface area contributed by atoms with Crippen LogP contribution in [0.4, 0.5) is 11.5 Å². The zero-order valence-electron chi connectivity index (χ0n) is 11.7. The molecular weight excluding hydrogens is 347 g/mol. The Morgan fingerprint density at radius 2 is 2.04 bits per heavy atom. The second kappa shape index (κ2) is 7.21. The zero-order valence-corrected chi connectivity index (χ0v) is 13.3. The van der Waals surface area contributed by atoms with E-state index in [9.17, 15) is 14.9 Å². The van der Waals surface area contributed by atoms with Crippen molar-refractivity contribution < 1.29 is 14.5 Å². The number of nitro groups is 1. The third-order valence-electron chi connectivity index (χ3n) is 2.84. The molecule has 0 bridgehead atoms. The summed E-state index contributed by atoms with van der Waals surface area (Å²) in [5.74, 6) is -0.696. The number of methoxy groups -OCH3 is 1. The van der Waals surface area contributed by atoms with Crippen molar-refractivity contribution in [3.8, 4) is 0 Å². The van der Waals surface area contributed by atoms with Crippen LogP contribution in [0.3, 0.4) is 0 Å². The lowest BCUT2D eigenvalue weighted by atomic mass is 10.2. The number of hydrogen-bond acceptors (Lipinski definition) is 7. The van der Waals surface area contributed by atoms with E-state index in [0.29, 0.717) is 5.56 Å². The van der Waals surface area contributed by atoms with E-state index in [1.807, 2.05) is 0 Å². The van der Waals surface area contributed by atoms with Gasteiger partial charge in [0.05, 0.1) is 12.0 Å². The normalized spacial score (nSPS) is 10.2. The Labute approximate surface area is 140 Å². The summed E-state index contributed by atoms with van der Waals surface area (Å²) in [6, 6.07) is 6.19. The van der Waals surface area contributed by atoms with Gasteiger partial charge in [0.1, 0.15) is 5.02 Å². The van der Waals surface area contributed by atoms with Gasteiger partial charge in [-0.3, -0.25) is 10.1 Å². The Morgan fingerprint density at radius 3 is 2.70 bits per heavy atom. The SMILES string of the molecule is COC(=O)c1nc(Cl)nc(NCc2ccccc2[N+](=O)[O-])c1Cl. The second-order valence-electron chi connectivity index (χ2n) is 4.23. The number of anilines is 1.